The zero-order chi connectivity index (χ0) is 35.1. The molecule has 0 amide bonds. The van der Waals surface area contributed by atoms with Crippen molar-refractivity contribution in [1.82, 2.24) is 37.0 Å². The van der Waals surface area contributed by atoms with Gasteiger partial charge in [-0.05, 0) is 38.8 Å². The van der Waals surface area contributed by atoms with Gasteiger partial charge in [0.2, 0.25) is 0 Å². The highest BCUT2D eigenvalue weighted by Crippen LogP contribution is 2.00. The van der Waals surface area contributed by atoms with Gasteiger partial charge in [-0.1, -0.05) is 6.42 Å². The van der Waals surface area contributed by atoms with E-state index >= 15 is 0 Å². The smallest absolute Gasteiger partial charge is 0.325 e. The summed E-state index contributed by atoms with van der Waals surface area (Å²) in [7, 11) is 0. The molecule has 1 saturated heterocycles. The highest BCUT2D eigenvalue weighted by molar-refractivity contribution is 5.68. The van der Waals surface area contributed by atoms with Gasteiger partial charge in [0, 0.05) is 91.4 Å². The summed E-state index contributed by atoms with van der Waals surface area (Å²) >= 11 is 0. The van der Waals surface area contributed by atoms with Gasteiger partial charge in [-0.15, -0.1) is 5.06 Å². The minimum atomic E-state index is -0.719. The molecule has 0 aromatic rings. The maximum atomic E-state index is 12.3. The van der Waals surface area contributed by atoms with Crippen LogP contribution < -0.4 is 31.9 Å². The first-order valence-corrected chi connectivity index (χ1v) is 18.5. The van der Waals surface area contributed by atoms with Crippen LogP contribution in [0.3, 0.4) is 0 Å². The van der Waals surface area contributed by atoms with Crippen molar-refractivity contribution >= 4 is 11.9 Å². The Balaban J connectivity index is 1.72. The number of hydrogen-bond donors (Lipinski definition) is 7. The van der Waals surface area contributed by atoms with Crippen molar-refractivity contribution in [2.45, 2.75) is 44.9 Å². The van der Waals surface area contributed by atoms with Crippen LogP contribution in [0.25, 0.3) is 0 Å². The van der Waals surface area contributed by atoms with Gasteiger partial charge >= 0.3 is 11.9 Å². The first kappa shape index (κ1) is 45.5. The molecule has 1 aliphatic heterocycles. The number of carbonyl (C=O) groups excluding carboxylic acids is 1. The Morgan fingerprint density at radius 1 is 0.490 bits per heavy atom. The van der Waals surface area contributed by atoms with Crippen LogP contribution in [-0.2, 0) is 38.1 Å². The SMILES string of the molecule is O=C(O)CCCCCNCCNCCOCCOCCOCCOCCOCCNCCCCC(=O)ON1CCNCCNCCNCC1. The van der Waals surface area contributed by atoms with Gasteiger partial charge in [0.1, 0.15) is 0 Å². The Morgan fingerprint density at radius 3 is 1.41 bits per heavy atom. The van der Waals surface area contributed by atoms with E-state index in [1.807, 2.05) is 0 Å². The van der Waals surface area contributed by atoms with E-state index in [2.05, 4.69) is 31.9 Å². The van der Waals surface area contributed by atoms with E-state index in [1.165, 1.54) is 0 Å². The summed E-state index contributed by atoms with van der Waals surface area (Å²) in [5.74, 6) is -0.887. The number of rotatable bonds is 33. The lowest BCUT2D eigenvalue weighted by Crippen LogP contribution is -2.42. The summed E-state index contributed by atoms with van der Waals surface area (Å²) in [5.41, 5.74) is 0. The molecule has 16 heteroatoms. The fraction of sp³-hybridized carbons (Fsp3) is 0.939. The van der Waals surface area contributed by atoms with Gasteiger partial charge in [-0.3, -0.25) is 9.59 Å². The van der Waals surface area contributed by atoms with Crippen LogP contribution in [0.15, 0.2) is 0 Å². The number of unbranched alkanes of at least 4 members (excludes halogenated alkanes) is 3. The van der Waals surface area contributed by atoms with E-state index in [1.54, 1.807) is 5.06 Å². The Labute approximate surface area is 294 Å². The lowest BCUT2D eigenvalue weighted by atomic mass is 10.2. The summed E-state index contributed by atoms with van der Waals surface area (Å²) in [6, 6.07) is 0. The van der Waals surface area contributed by atoms with Crippen LogP contribution >= 0.6 is 0 Å². The first-order chi connectivity index (χ1) is 24.2. The molecule has 1 fully saturated rings. The number of ether oxygens (including phenoxy) is 5. The maximum Gasteiger partial charge on any atom is 0.325 e. The molecule has 0 saturated carbocycles. The largest absolute Gasteiger partial charge is 0.481 e. The Hall–Kier alpha value is -1.54. The number of carboxylic acids is 1. The standard InChI is InChI=1S/C33H69N7O9/c41-32(42)6-2-1-4-8-34-10-15-39-19-23-45-25-27-47-29-31-48-30-28-46-26-24-44-22-18-35-9-5-3-7-33(43)49-40-20-16-37-13-11-36-12-14-38-17-21-40/h34-39H,1-31H2,(H,41,42). The average molecular weight is 708 g/mol. The van der Waals surface area contributed by atoms with Crippen LogP contribution in [0.5, 0.6) is 0 Å². The second-order valence-electron chi connectivity index (χ2n) is 11.6. The minimum Gasteiger partial charge on any atom is -0.481 e. The van der Waals surface area contributed by atoms with Crippen LogP contribution in [0.2, 0.25) is 0 Å². The second kappa shape index (κ2) is 37.7. The Morgan fingerprint density at radius 2 is 0.898 bits per heavy atom. The summed E-state index contributed by atoms with van der Waals surface area (Å²) in [6.45, 7) is 17.2. The maximum absolute atomic E-state index is 12.3. The van der Waals surface area contributed by atoms with Crippen LogP contribution in [0, 0.1) is 0 Å². The van der Waals surface area contributed by atoms with Gasteiger partial charge in [0.15, 0.2) is 0 Å². The molecule has 0 bridgehead atoms. The summed E-state index contributed by atoms with van der Waals surface area (Å²) in [4.78, 5) is 28.3. The lowest BCUT2D eigenvalue weighted by Gasteiger charge is -2.22. The van der Waals surface area contributed by atoms with Crippen LogP contribution in [-0.4, -0.2) is 180 Å². The molecule has 0 aliphatic carbocycles. The number of nitrogens with one attached hydrogen (secondary N) is 6. The Bertz CT molecular complexity index is 720. The number of carboxylic acid groups (broad SMARTS) is 1. The molecule has 1 rings (SSSR count). The van der Waals surface area contributed by atoms with Crippen molar-refractivity contribution in [3.05, 3.63) is 0 Å². The van der Waals surface area contributed by atoms with Crippen molar-refractivity contribution in [2.24, 2.45) is 0 Å². The van der Waals surface area contributed by atoms with E-state index < -0.39 is 5.97 Å². The number of nitrogens with zero attached hydrogens (tertiary/aromatic N) is 1. The molecule has 1 heterocycles. The van der Waals surface area contributed by atoms with Crippen molar-refractivity contribution in [3.63, 3.8) is 0 Å². The van der Waals surface area contributed by atoms with Gasteiger partial charge in [0.05, 0.1) is 66.1 Å². The molecule has 16 nitrogen and oxygen atoms in total. The molecule has 290 valence electrons. The van der Waals surface area contributed by atoms with Gasteiger partial charge < -0.3 is 65.5 Å². The predicted octanol–water partition coefficient (Wildman–Crippen LogP) is -0.804. The fourth-order valence-electron chi connectivity index (χ4n) is 4.57. The van der Waals surface area contributed by atoms with E-state index in [-0.39, 0.29) is 12.4 Å². The summed E-state index contributed by atoms with van der Waals surface area (Å²) in [6.07, 6.45) is 5.08. The third-order valence-corrected chi connectivity index (χ3v) is 7.31. The molecule has 0 spiro atoms. The molecule has 1 aliphatic rings. The highest BCUT2D eigenvalue weighted by Gasteiger charge is 2.12. The number of aliphatic carboxylic acids is 1. The topological polar surface area (TPSA) is 185 Å². The van der Waals surface area contributed by atoms with Gasteiger partial charge in [-0.25, -0.2) is 0 Å². The molecule has 7 N–H and O–H groups in total. The van der Waals surface area contributed by atoms with E-state index in [4.69, 9.17) is 33.6 Å². The van der Waals surface area contributed by atoms with Crippen molar-refractivity contribution in [1.29, 1.82) is 0 Å². The zero-order valence-corrected chi connectivity index (χ0v) is 30.1. The zero-order valence-electron chi connectivity index (χ0n) is 30.1. The first-order valence-electron chi connectivity index (χ1n) is 18.5. The van der Waals surface area contributed by atoms with E-state index in [0.717, 1.165) is 111 Å². The van der Waals surface area contributed by atoms with Crippen molar-refractivity contribution in [3.8, 4) is 0 Å². The average Bonchev–Trinajstić information content (AvgIpc) is 3.08. The molecule has 0 radical (unpaired) electrons. The third-order valence-electron chi connectivity index (χ3n) is 7.31. The number of carbonyl (C=O) groups is 2. The van der Waals surface area contributed by atoms with Crippen molar-refractivity contribution in [2.75, 3.05) is 158 Å². The molecular weight excluding hydrogens is 638 g/mol. The third kappa shape index (κ3) is 36.1. The second-order valence-corrected chi connectivity index (χ2v) is 11.6. The van der Waals surface area contributed by atoms with Gasteiger partial charge in [-0.2, -0.15) is 0 Å². The lowest BCUT2D eigenvalue weighted by molar-refractivity contribution is -0.190. The monoisotopic (exact) mass is 708 g/mol. The minimum absolute atomic E-state index is 0.168. The molecule has 0 aromatic carbocycles. The van der Waals surface area contributed by atoms with E-state index in [0.29, 0.717) is 85.6 Å². The normalized spacial score (nSPS) is 15.1. The quantitative estimate of drug-likeness (QED) is 0.0420. The van der Waals surface area contributed by atoms with Crippen molar-refractivity contribution < 1.29 is 43.2 Å². The summed E-state index contributed by atoms with van der Waals surface area (Å²) < 4.78 is 27.7. The Kier molecular flexibility index (Phi) is 35.0. The number of hydrogen-bond acceptors (Lipinski definition) is 15. The van der Waals surface area contributed by atoms with Gasteiger partial charge in [0.25, 0.3) is 0 Å². The van der Waals surface area contributed by atoms with Crippen LogP contribution in [0.4, 0.5) is 0 Å². The molecule has 49 heavy (non-hydrogen) atoms. The predicted molar refractivity (Wildman–Crippen MR) is 189 cm³/mol. The summed E-state index contributed by atoms with van der Waals surface area (Å²) in [5, 5.41) is 30.5. The molecule has 0 unspecified atom stereocenters. The van der Waals surface area contributed by atoms with Crippen LogP contribution in [0.1, 0.15) is 44.9 Å². The highest BCUT2D eigenvalue weighted by atomic mass is 16.7. The molecule has 0 atom stereocenters. The fourth-order valence-corrected chi connectivity index (χ4v) is 4.57. The van der Waals surface area contributed by atoms with E-state index in [9.17, 15) is 9.59 Å². The number of hydroxylamine groups is 2. The molecular formula is C33H69N7O9. The molecule has 0 aromatic heterocycles.